The molecular weight excluding hydrogens is 401 g/mol. The molecule has 0 unspecified atom stereocenters. The van der Waals surface area contributed by atoms with Crippen LogP contribution in [0.3, 0.4) is 0 Å². The molecule has 2 saturated heterocycles. The minimum absolute atomic E-state index is 0.106. The molecule has 0 radical (unpaired) electrons. The average molecular weight is 422 g/mol. The van der Waals surface area contributed by atoms with Crippen molar-refractivity contribution in [2.24, 2.45) is 0 Å². The number of morpholine rings is 1. The Balaban J connectivity index is 1.85. The van der Waals surface area contributed by atoms with Crippen LogP contribution >= 0.6 is 0 Å². The van der Waals surface area contributed by atoms with Gasteiger partial charge in [0.05, 0.1) is 24.3 Å². The van der Waals surface area contributed by atoms with Crippen molar-refractivity contribution in [1.29, 1.82) is 0 Å². The summed E-state index contributed by atoms with van der Waals surface area (Å²) in [7, 11) is 0. The minimum Gasteiger partial charge on any atom is -0.384 e. The third-order valence-electron chi connectivity index (χ3n) is 5.11. The van der Waals surface area contributed by atoms with E-state index in [-0.39, 0.29) is 28.9 Å². The van der Waals surface area contributed by atoms with E-state index in [1.807, 2.05) is 4.90 Å². The number of pyridine rings is 1. The number of anilines is 3. The second-order valence-electron chi connectivity index (χ2n) is 7.16. The van der Waals surface area contributed by atoms with Crippen LogP contribution in [-0.2, 0) is 15.7 Å². The second kappa shape index (κ2) is 8.05. The van der Waals surface area contributed by atoms with Crippen LogP contribution in [0.1, 0.15) is 24.8 Å². The van der Waals surface area contributed by atoms with Crippen LogP contribution in [0.5, 0.6) is 0 Å². The lowest BCUT2D eigenvalue weighted by molar-refractivity contribution is -0.137. The minimum atomic E-state index is -4.66. The molecule has 11 heteroatoms. The first-order valence-electron chi connectivity index (χ1n) is 9.68. The summed E-state index contributed by atoms with van der Waals surface area (Å²) in [4.78, 5) is 28.4. The SMILES string of the molecule is Nc1cc(C(F)(F)F)c(-c2nc(N3CCOCC3)cc(N3CCCCC3=O)n2)cn1. The van der Waals surface area contributed by atoms with Crippen LogP contribution in [0.2, 0.25) is 0 Å². The van der Waals surface area contributed by atoms with Gasteiger partial charge in [-0.3, -0.25) is 9.69 Å². The van der Waals surface area contributed by atoms with E-state index in [0.29, 0.717) is 45.1 Å². The topological polar surface area (TPSA) is 97.5 Å². The number of halogens is 3. The van der Waals surface area contributed by atoms with Crippen molar-refractivity contribution in [3.8, 4) is 11.4 Å². The van der Waals surface area contributed by atoms with E-state index < -0.39 is 11.7 Å². The molecule has 0 bridgehead atoms. The molecule has 0 aliphatic carbocycles. The summed E-state index contributed by atoms with van der Waals surface area (Å²) in [5, 5.41) is 0. The monoisotopic (exact) mass is 422 g/mol. The molecule has 160 valence electrons. The van der Waals surface area contributed by atoms with E-state index >= 15 is 0 Å². The summed E-state index contributed by atoms with van der Waals surface area (Å²) in [6.45, 7) is 2.50. The first kappa shape index (κ1) is 20.3. The molecule has 2 fully saturated rings. The number of piperidine rings is 1. The normalized spacial score (nSPS) is 18.0. The highest BCUT2D eigenvalue weighted by atomic mass is 19.4. The van der Waals surface area contributed by atoms with Gasteiger partial charge in [-0.05, 0) is 18.9 Å². The number of hydrogen-bond donors (Lipinski definition) is 1. The molecule has 2 aliphatic rings. The van der Waals surface area contributed by atoms with E-state index in [1.165, 1.54) is 4.90 Å². The first-order valence-corrected chi connectivity index (χ1v) is 9.68. The number of carbonyl (C=O) groups excluding carboxylic acids is 1. The highest BCUT2D eigenvalue weighted by Gasteiger charge is 2.36. The van der Waals surface area contributed by atoms with Crippen molar-refractivity contribution in [2.45, 2.75) is 25.4 Å². The number of nitrogens with two attached hydrogens (primary N) is 1. The molecular formula is C19H21F3N6O2. The lowest BCUT2D eigenvalue weighted by atomic mass is 10.1. The van der Waals surface area contributed by atoms with Crippen LogP contribution in [0, 0.1) is 0 Å². The molecule has 2 N–H and O–H groups in total. The highest BCUT2D eigenvalue weighted by Crippen LogP contribution is 2.37. The van der Waals surface area contributed by atoms with Crippen LogP contribution in [0.15, 0.2) is 18.3 Å². The Morgan fingerprint density at radius 1 is 1.03 bits per heavy atom. The fourth-order valence-corrected chi connectivity index (χ4v) is 3.57. The second-order valence-corrected chi connectivity index (χ2v) is 7.16. The van der Waals surface area contributed by atoms with Gasteiger partial charge in [0, 0.05) is 38.3 Å². The summed E-state index contributed by atoms with van der Waals surface area (Å²) >= 11 is 0. The molecule has 30 heavy (non-hydrogen) atoms. The molecule has 4 rings (SSSR count). The fourth-order valence-electron chi connectivity index (χ4n) is 3.57. The smallest absolute Gasteiger partial charge is 0.384 e. The standard InChI is InChI=1S/C19H21F3N6O2/c20-19(21,22)13-9-14(23)24-11-12(13)18-25-15(27-5-7-30-8-6-27)10-16(26-18)28-4-2-1-3-17(28)29/h9-11H,1-8H2,(H2,23,24). The largest absolute Gasteiger partial charge is 0.417 e. The maximum Gasteiger partial charge on any atom is 0.417 e. The zero-order chi connectivity index (χ0) is 21.3. The van der Waals surface area contributed by atoms with Crippen molar-refractivity contribution in [2.75, 3.05) is 48.4 Å². The number of nitrogens with zero attached hydrogens (tertiary/aromatic N) is 5. The Hall–Kier alpha value is -2.95. The Morgan fingerprint density at radius 3 is 2.47 bits per heavy atom. The number of alkyl halides is 3. The van der Waals surface area contributed by atoms with Gasteiger partial charge in [0.15, 0.2) is 5.82 Å². The van der Waals surface area contributed by atoms with Crippen molar-refractivity contribution >= 4 is 23.4 Å². The van der Waals surface area contributed by atoms with Gasteiger partial charge in [0.1, 0.15) is 17.5 Å². The molecule has 0 aromatic carbocycles. The van der Waals surface area contributed by atoms with Crippen LogP contribution in [0.4, 0.5) is 30.6 Å². The molecule has 2 aromatic heterocycles. The van der Waals surface area contributed by atoms with Crippen molar-refractivity contribution < 1.29 is 22.7 Å². The molecule has 4 heterocycles. The van der Waals surface area contributed by atoms with Gasteiger partial charge in [-0.15, -0.1) is 0 Å². The Bertz CT molecular complexity index is 946. The number of carbonyl (C=O) groups is 1. The predicted octanol–water partition coefficient (Wildman–Crippen LogP) is 2.49. The third-order valence-corrected chi connectivity index (χ3v) is 5.11. The highest BCUT2D eigenvalue weighted by molar-refractivity contribution is 5.93. The molecule has 2 aromatic rings. The number of aromatic nitrogens is 3. The van der Waals surface area contributed by atoms with E-state index in [9.17, 15) is 18.0 Å². The summed E-state index contributed by atoms with van der Waals surface area (Å²) < 4.78 is 46.3. The number of ether oxygens (including phenoxy) is 1. The Morgan fingerprint density at radius 2 is 1.77 bits per heavy atom. The summed E-state index contributed by atoms with van der Waals surface area (Å²) in [6, 6.07) is 2.42. The number of amides is 1. The van der Waals surface area contributed by atoms with Crippen LogP contribution in [-0.4, -0.2) is 53.7 Å². The maximum atomic E-state index is 13.7. The van der Waals surface area contributed by atoms with Gasteiger partial charge < -0.3 is 15.4 Å². The van der Waals surface area contributed by atoms with Crippen molar-refractivity contribution in [1.82, 2.24) is 15.0 Å². The summed E-state index contributed by atoms with van der Waals surface area (Å²) in [5.41, 5.74) is 4.24. The maximum absolute atomic E-state index is 13.7. The molecule has 8 nitrogen and oxygen atoms in total. The lowest BCUT2D eigenvalue weighted by Gasteiger charge is -2.30. The molecule has 2 aliphatic heterocycles. The van der Waals surface area contributed by atoms with Crippen molar-refractivity contribution in [3.05, 3.63) is 23.9 Å². The summed E-state index contributed by atoms with van der Waals surface area (Å²) in [5.74, 6) is 0.233. The van der Waals surface area contributed by atoms with Gasteiger partial charge in [-0.25, -0.2) is 15.0 Å². The summed E-state index contributed by atoms with van der Waals surface area (Å²) in [6.07, 6.45) is -1.67. The van der Waals surface area contributed by atoms with E-state index in [0.717, 1.165) is 25.1 Å². The quantitative estimate of drug-likeness (QED) is 0.812. The number of rotatable bonds is 3. The zero-order valence-electron chi connectivity index (χ0n) is 16.2. The Kier molecular flexibility index (Phi) is 5.46. The van der Waals surface area contributed by atoms with Gasteiger partial charge in [-0.1, -0.05) is 0 Å². The molecule has 0 saturated carbocycles. The van der Waals surface area contributed by atoms with Gasteiger partial charge in [0.2, 0.25) is 5.91 Å². The predicted molar refractivity (Wildman–Crippen MR) is 104 cm³/mol. The van der Waals surface area contributed by atoms with Gasteiger partial charge in [-0.2, -0.15) is 13.2 Å². The molecule has 1 amide bonds. The van der Waals surface area contributed by atoms with E-state index in [2.05, 4.69) is 15.0 Å². The van der Waals surface area contributed by atoms with Gasteiger partial charge in [0.25, 0.3) is 0 Å². The fraction of sp³-hybridized carbons (Fsp3) is 0.474. The van der Waals surface area contributed by atoms with Crippen molar-refractivity contribution in [3.63, 3.8) is 0 Å². The van der Waals surface area contributed by atoms with E-state index in [1.54, 1.807) is 6.07 Å². The van der Waals surface area contributed by atoms with Gasteiger partial charge >= 0.3 is 6.18 Å². The average Bonchev–Trinajstić information content (AvgIpc) is 2.74. The van der Waals surface area contributed by atoms with E-state index in [4.69, 9.17) is 10.5 Å². The van der Waals surface area contributed by atoms with Crippen LogP contribution < -0.4 is 15.5 Å². The molecule has 0 spiro atoms. The first-order chi connectivity index (χ1) is 14.3. The lowest BCUT2D eigenvalue weighted by Crippen LogP contribution is -2.38. The molecule has 0 atom stereocenters. The number of nitrogen functional groups attached to an aromatic ring is 1. The zero-order valence-corrected chi connectivity index (χ0v) is 16.2. The third kappa shape index (κ3) is 4.16. The Labute approximate surface area is 170 Å². The number of hydrogen-bond acceptors (Lipinski definition) is 7. The van der Waals surface area contributed by atoms with Crippen LogP contribution in [0.25, 0.3) is 11.4 Å².